The predicted molar refractivity (Wildman–Crippen MR) is 122 cm³/mol. The van der Waals surface area contributed by atoms with Gasteiger partial charge in [-0.2, -0.15) is 0 Å². The molecule has 27 heavy (non-hydrogen) atoms. The molecule has 4 rings (SSSR count). The van der Waals surface area contributed by atoms with Gasteiger partial charge < -0.3 is 10.0 Å². The van der Waals surface area contributed by atoms with Crippen molar-refractivity contribution in [3.63, 3.8) is 0 Å². The van der Waals surface area contributed by atoms with Crippen LogP contribution in [0.25, 0.3) is 0 Å². The average molecular weight is 421 g/mol. The third-order valence-corrected chi connectivity index (χ3v) is 8.81. The molecule has 0 amide bonds. The van der Waals surface area contributed by atoms with Crippen LogP contribution in [0.3, 0.4) is 0 Å². The number of amidine groups is 1. The van der Waals surface area contributed by atoms with Crippen LogP contribution < -0.4 is 0 Å². The first-order chi connectivity index (χ1) is 13.1. The zero-order valence-electron chi connectivity index (χ0n) is 15.9. The zero-order valence-corrected chi connectivity index (χ0v) is 18.4. The molecule has 146 valence electrons. The molecular weight excluding hydrogens is 392 g/mol. The van der Waals surface area contributed by atoms with Gasteiger partial charge in [-0.1, -0.05) is 67.1 Å². The molecule has 1 saturated heterocycles. The minimum absolute atomic E-state index is 0.244. The fourth-order valence-electron chi connectivity index (χ4n) is 4.65. The van der Waals surface area contributed by atoms with Crippen LogP contribution in [0.1, 0.15) is 49.7 Å². The second-order valence-electron chi connectivity index (χ2n) is 8.11. The Labute approximate surface area is 176 Å². The van der Waals surface area contributed by atoms with E-state index in [2.05, 4.69) is 29.4 Å². The summed E-state index contributed by atoms with van der Waals surface area (Å²) in [6, 6.07) is 6.37. The molecule has 3 nitrogen and oxygen atoms in total. The van der Waals surface area contributed by atoms with Crippen molar-refractivity contribution in [1.29, 1.82) is 0 Å². The van der Waals surface area contributed by atoms with Gasteiger partial charge in [0.15, 0.2) is 5.17 Å². The van der Waals surface area contributed by atoms with Gasteiger partial charge in [0, 0.05) is 18.7 Å². The van der Waals surface area contributed by atoms with Crippen molar-refractivity contribution < 1.29 is 5.11 Å². The van der Waals surface area contributed by atoms with Crippen molar-refractivity contribution in [2.75, 3.05) is 18.6 Å². The SMILES string of the molecule is CSC(=S)N1CC2(CCCCC2)CSC1=Nc1cccc2c1CC(O)CC2. The molecule has 0 bridgehead atoms. The zero-order chi connectivity index (χ0) is 18.9. The number of aryl methyl sites for hydroxylation is 1. The van der Waals surface area contributed by atoms with Crippen molar-refractivity contribution >= 4 is 50.9 Å². The fourth-order valence-corrected chi connectivity index (χ4v) is 6.58. The molecule has 0 radical (unpaired) electrons. The molecule has 2 aliphatic carbocycles. The summed E-state index contributed by atoms with van der Waals surface area (Å²) < 4.78 is 0.927. The number of hydrogen-bond acceptors (Lipinski definition) is 5. The average Bonchev–Trinajstić information content (AvgIpc) is 2.70. The van der Waals surface area contributed by atoms with Crippen LogP contribution in [0.15, 0.2) is 23.2 Å². The molecular formula is C21H28N2OS3. The molecule has 0 aromatic heterocycles. The van der Waals surface area contributed by atoms with E-state index < -0.39 is 0 Å². The summed E-state index contributed by atoms with van der Waals surface area (Å²) in [5.41, 5.74) is 3.97. The Morgan fingerprint density at radius 3 is 2.93 bits per heavy atom. The molecule has 1 N–H and O–H groups in total. The lowest BCUT2D eigenvalue weighted by atomic mass is 9.75. The third kappa shape index (κ3) is 4.24. The monoisotopic (exact) mass is 420 g/mol. The highest BCUT2D eigenvalue weighted by atomic mass is 32.2. The number of thioether (sulfide) groups is 2. The van der Waals surface area contributed by atoms with Gasteiger partial charge in [-0.3, -0.25) is 0 Å². The highest BCUT2D eigenvalue weighted by molar-refractivity contribution is 8.23. The lowest BCUT2D eigenvalue weighted by Crippen LogP contribution is -2.48. The van der Waals surface area contributed by atoms with Crippen LogP contribution in [-0.4, -0.2) is 44.2 Å². The molecule has 2 fully saturated rings. The number of nitrogens with zero attached hydrogens (tertiary/aromatic N) is 2. The van der Waals surface area contributed by atoms with E-state index in [0.29, 0.717) is 11.8 Å². The van der Waals surface area contributed by atoms with Crippen molar-refractivity contribution in [2.45, 2.75) is 57.5 Å². The van der Waals surface area contributed by atoms with Crippen molar-refractivity contribution in [3.8, 4) is 0 Å². The van der Waals surface area contributed by atoms with Gasteiger partial charge in [-0.25, -0.2) is 4.99 Å². The number of rotatable bonds is 1. The highest BCUT2D eigenvalue weighted by Crippen LogP contribution is 2.44. The molecule has 1 aliphatic heterocycles. The molecule has 1 heterocycles. The van der Waals surface area contributed by atoms with E-state index in [4.69, 9.17) is 17.2 Å². The Kier molecular flexibility index (Phi) is 6.17. The standard InChI is InChI=1S/C21H28N2OS3/c1-26-20(25)23-13-21(10-3-2-4-11-21)14-27-19(23)22-18-7-5-6-15-8-9-16(24)12-17(15)18/h5-7,16,24H,2-4,8-14H2,1H3. The maximum atomic E-state index is 10.1. The van der Waals surface area contributed by atoms with Gasteiger partial charge in [0.2, 0.25) is 0 Å². The molecule has 1 atom stereocenters. The van der Waals surface area contributed by atoms with Crippen LogP contribution in [0.2, 0.25) is 0 Å². The van der Waals surface area contributed by atoms with Gasteiger partial charge in [-0.05, 0) is 54.5 Å². The molecule has 1 aromatic carbocycles. The van der Waals surface area contributed by atoms with Crippen LogP contribution in [0.4, 0.5) is 5.69 Å². The summed E-state index contributed by atoms with van der Waals surface area (Å²) in [7, 11) is 0. The topological polar surface area (TPSA) is 35.8 Å². The summed E-state index contributed by atoms with van der Waals surface area (Å²) in [5, 5.41) is 11.2. The molecule has 3 aliphatic rings. The Balaban J connectivity index is 1.65. The van der Waals surface area contributed by atoms with Crippen LogP contribution >= 0.6 is 35.7 Å². The summed E-state index contributed by atoms with van der Waals surface area (Å²) in [6.45, 7) is 1.01. The molecule has 1 spiro atoms. The summed E-state index contributed by atoms with van der Waals surface area (Å²) in [4.78, 5) is 7.38. The normalized spacial score (nSPS) is 26.2. The number of aliphatic imine (C=N–C) groups is 1. The number of aliphatic hydroxyl groups is 1. The van der Waals surface area contributed by atoms with E-state index in [1.54, 1.807) is 11.8 Å². The van der Waals surface area contributed by atoms with E-state index in [-0.39, 0.29) is 6.10 Å². The minimum Gasteiger partial charge on any atom is -0.393 e. The Morgan fingerprint density at radius 2 is 2.15 bits per heavy atom. The Hall–Kier alpha value is -0.560. The second kappa shape index (κ2) is 8.44. The van der Waals surface area contributed by atoms with Gasteiger partial charge in [0.05, 0.1) is 11.8 Å². The van der Waals surface area contributed by atoms with E-state index in [9.17, 15) is 5.11 Å². The van der Waals surface area contributed by atoms with E-state index in [1.807, 2.05) is 11.8 Å². The lowest BCUT2D eigenvalue weighted by molar-refractivity contribution is 0.159. The number of benzene rings is 1. The molecule has 1 unspecified atom stereocenters. The van der Waals surface area contributed by atoms with Gasteiger partial charge >= 0.3 is 0 Å². The molecule has 1 aromatic rings. The van der Waals surface area contributed by atoms with Gasteiger partial charge in [0.1, 0.15) is 4.32 Å². The summed E-state index contributed by atoms with van der Waals surface area (Å²) in [5.74, 6) is 1.15. The minimum atomic E-state index is -0.244. The van der Waals surface area contributed by atoms with Crippen molar-refractivity contribution in [3.05, 3.63) is 29.3 Å². The maximum Gasteiger partial charge on any atom is 0.169 e. The summed E-state index contributed by atoms with van der Waals surface area (Å²) >= 11 is 9.24. The van der Waals surface area contributed by atoms with Gasteiger partial charge in [0.25, 0.3) is 0 Å². The summed E-state index contributed by atoms with van der Waals surface area (Å²) in [6.07, 6.45) is 11.0. The largest absolute Gasteiger partial charge is 0.393 e. The number of fused-ring (bicyclic) bond motifs is 1. The fraction of sp³-hybridized carbons (Fsp3) is 0.619. The molecule has 1 saturated carbocycles. The predicted octanol–water partition coefficient (Wildman–Crippen LogP) is 5.17. The van der Waals surface area contributed by atoms with Crippen LogP contribution in [0.5, 0.6) is 0 Å². The smallest absolute Gasteiger partial charge is 0.169 e. The first-order valence-corrected chi connectivity index (χ1v) is 12.6. The first-order valence-electron chi connectivity index (χ1n) is 9.96. The van der Waals surface area contributed by atoms with E-state index in [1.165, 1.54) is 43.2 Å². The second-order valence-corrected chi connectivity index (χ2v) is 10.5. The first kappa shape index (κ1) is 19.7. The quantitative estimate of drug-likeness (QED) is 0.634. The highest BCUT2D eigenvalue weighted by Gasteiger charge is 2.40. The molecule has 6 heteroatoms. The van der Waals surface area contributed by atoms with Crippen molar-refractivity contribution in [2.24, 2.45) is 10.4 Å². The van der Waals surface area contributed by atoms with Crippen LogP contribution in [0, 0.1) is 5.41 Å². The Morgan fingerprint density at radius 1 is 1.33 bits per heavy atom. The third-order valence-electron chi connectivity index (χ3n) is 6.19. The Bertz CT molecular complexity index is 743. The van der Waals surface area contributed by atoms with Gasteiger partial charge in [-0.15, -0.1) is 0 Å². The van der Waals surface area contributed by atoms with Crippen LogP contribution in [-0.2, 0) is 12.8 Å². The number of hydrogen-bond donors (Lipinski definition) is 1. The maximum absolute atomic E-state index is 10.1. The lowest BCUT2D eigenvalue weighted by Gasteiger charge is -2.45. The van der Waals surface area contributed by atoms with E-state index >= 15 is 0 Å². The number of aliphatic hydroxyl groups excluding tert-OH is 1. The number of thiocarbonyl (C=S) groups is 1. The van der Waals surface area contributed by atoms with Crippen molar-refractivity contribution in [1.82, 2.24) is 4.90 Å². The van der Waals surface area contributed by atoms with E-state index in [0.717, 1.165) is 40.3 Å².